The van der Waals surface area contributed by atoms with Crippen LogP contribution in [0.5, 0.6) is 5.75 Å². The molecule has 0 radical (unpaired) electrons. The maximum absolute atomic E-state index is 12.7. The number of aliphatic hydroxyl groups is 1. The van der Waals surface area contributed by atoms with E-state index in [1.54, 1.807) is 50.2 Å². The zero-order valence-electron chi connectivity index (χ0n) is 14.7. The van der Waals surface area contributed by atoms with Crippen molar-refractivity contribution in [1.29, 1.82) is 0 Å². The number of carbonyl (C=O) groups excluding carboxylic acids is 2. The first kappa shape index (κ1) is 18.6. The van der Waals surface area contributed by atoms with Crippen LogP contribution in [0, 0.1) is 0 Å². The molecule has 136 valence electrons. The topological polar surface area (TPSA) is 75.6 Å². The van der Waals surface area contributed by atoms with E-state index in [0.717, 1.165) is 4.47 Å². The average Bonchev–Trinajstić information content (AvgIpc) is 2.58. The minimum Gasteiger partial charge on any atom is -0.485 e. The Balaban J connectivity index is 2.00. The molecule has 0 saturated carbocycles. The van der Waals surface area contributed by atoms with Gasteiger partial charge in [-0.3, -0.25) is 9.59 Å². The summed E-state index contributed by atoms with van der Waals surface area (Å²) in [6.45, 7) is 5.00. The van der Waals surface area contributed by atoms with Gasteiger partial charge in [0, 0.05) is 21.2 Å². The second-order valence-corrected chi connectivity index (χ2v) is 7.84. The second kappa shape index (κ2) is 6.85. The lowest BCUT2D eigenvalue weighted by atomic mass is 9.85. The van der Waals surface area contributed by atoms with Gasteiger partial charge >= 0.3 is 0 Å². The average molecular weight is 418 g/mol. The van der Waals surface area contributed by atoms with Crippen molar-refractivity contribution in [3.8, 4) is 5.75 Å². The summed E-state index contributed by atoms with van der Waals surface area (Å²) in [7, 11) is 0. The van der Waals surface area contributed by atoms with E-state index in [-0.39, 0.29) is 11.7 Å². The fourth-order valence-electron chi connectivity index (χ4n) is 3.03. The summed E-state index contributed by atoms with van der Waals surface area (Å²) in [5, 5.41) is 13.7. The first-order valence-electron chi connectivity index (χ1n) is 8.27. The molecule has 0 saturated heterocycles. The van der Waals surface area contributed by atoms with E-state index in [9.17, 15) is 14.7 Å². The molecule has 1 aliphatic heterocycles. The Bertz CT molecular complexity index is 878. The number of benzene rings is 2. The highest BCUT2D eigenvalue weighted by atomic mass is 79.9. The molecule has 6 heteroatoms. The van der Waals surface area contributed by atoms with E-state index in [1.807, 2.05) is 6.07 Å². The highest BCUT2D eigenvalue weighted by molar-refractivity contribution is 9.10. The minimum absolute atomic E-state index is 0.0933. The lowest BCUT2D eigenvalue weighted by Crippen LogP contribution is -2.53. The highest BCUT2D eigenvalue weighted by Crippen LogP contribution is 2.40. The molecule has 1 aliphatic rings. The van der Waals surface area contributed by atoms with Gasteiger partial charge in [-0.05, 0) is 57.2 Å². The number of fused-ring (bicyclic) bond motifs is 1. The second-order valence-electron chi connectivity index (χ2n) is 6.92. The van der Waals surface area contributed by atoms with Gasteiger partial charge in [0.2, 0.25) is 0 Å². The van der Waals surface area contributed by atoms with Crippen molar-refractivity contribution in [3.63, 3.8) is 0 Å². The Morgan fingerprint density at radius 2 is 1.88 bits per heavy atom. The Morgan fingerprint density at radius 1 is 1.15 bits per heavy atom. The molecular formula is C20H20BrNO4. The third-order valence-electron chi connectivity index (χ3n) is 4.53. The van der Waals surface area contributed by atoms with Crippen molar-refractivity contribution >= 4 is 27.6 Å². The van der Waals surface area contributed by atoms with Crippen LogP contribution in [0.2, 0.25) is 0 Å². The lowest BCUT2D eigenvalue weighted by molar-refractivity contribution is -0.0627. The molecule has 3 rings (SSSR count). The Morgan fingerprint density at radius 3 is 2.54 bits per heavy atom. The summed E-state index contributed by atoms with van der Waals surface area (Å²) < 4.78 is 6.67. The van der Waals surface area contributed by atoms with E-state index >= 15 is 0 Å². The predicted octanol–water partition coefficient (Wildman–Crippen LogP) is 3.65. The number of rotatable bonds is 3. The normalized spacial score (nSPS) is 20.7. The van der Waals surface area contributed by atoms with Crippen molar-refractivity contribution in [2.45, 2.75) is 38.5 Å². The number of aliphatic hydroxyl groups excluding tert-OH is 1. The van der Waals surface area contributed by atoms with Crippen molar-refractivity contribution in [1.82, 2.24) is 5.32 Å². The van der Waals surface area contributed by atoms with E-state index in [1.165, 1.54) is 6.92 Å². The molecule has 1 amide bonds. The van der Waals surface area contributed by atoms with Crippen LogP contribution < -0.4 is 10.1 Å². The number of hydrogen-bond donors (Lipinski definition) is 2. The summed E-state index contributed by atoms with van der Waals surface area (Å²) >= 11 is 3.35. The fourth-order valence-corrected chi connectivity index (χ4v) is 3.43. The van der Waals surface area contributed by atoms with Crippen molar-refractivity contribution < 1.29 is 19.4 Å². The molecule has 0 fully saturated rings. The minimum atomic E-state index is -0.978. The van der Waals surface area contributed by atoms with Gasteiger partial charge in [0.05, 0.1) is 6.04 Å². The summed E-state index contributed by atoms with van der Waals surface area (Å²) in [6, 6.07) is 11.4. The predicted molar refractivity (Wildman–Crippen MR) is 102 cm³/mol. The molecule has 2 aromatic carbocycles. The van der Waals surface area contributed by atoms with Crippen LogP contribution in [0.15, 0.2) is 46.9 Å². The quantitative estimate of drug-likeness (QED) is 0.747. The number of carbonyl (C=O) groups is 2. The highest BCUT2D eigenvalue weighted by Gasteiger charge is 2.43. The van der Waals surface area contributed by atoms with Crippen molar-refractivity contribution in [3.05, 3.63) is 63.6 Å². The van der Waals surface area contributed by atoms with Crippen LogP contribution in [0.1, 0.15) is 53.1 Å². The third-order valence-corrected chi connectivity index (χ3v) is 5.02. The maximum Gasteiger partial charge on any atom is 0.251 e. The van der Waals surface area contributed by atoms with E-state index in [4.69, 9.17) is 4.74 Å². The first-order chi connectivity index (χ1) is 12.2. The molecule has 0 aliphatic carbocycles. The van der Waals surface area contributed by atoms with Gasteiger partial charge in [0.25, 0.3) is 5.91 Å². The Hall–Kier alpha value is -2.18. The van der Waals surface area contributed by atoms with Crippen LogP contribution in [0.3, 0.4) is 0 Å². The molecule has 0 spiro atoms. The van der Waals surface area contributed by atoms with Gasteiger partial charge in [-0.15, -0.1) is 0 Å². The number of ketones is 1. The standard InChI is InChI=1S/C20H20BrNO4/c1-11(23)12-7-8-16-15(10-12)17(18(24)20(2,3)26-16)22-19(25)13-5-4-6-14(21)9-13/h4-10,17-18,24H,1-3H3,(H,22,25). The SMILES string of the molecule is CC(=O)c1ccc2c(c1)C(NC(=O)c1cccc(Br)c1)C(O)C(C)(C)O2. The van der Waals surface area contributed by atoms with Gasteiger partial charge in [-0.2, -0.15) is 0 Å². The Labute approximate surface area is 160 Å². The van der Waals surface area contributed by atoms with E-state index < -0.39 is 17.7 Å². The molecular weight excluding hydrogens is 398 g/mol. The van der Waals surface area contributed by atoms with Crippen LogP contribution >= 0.6 is 15.9 Å². The fraction of sp³-hybridized carbons (Fsp3) is 0.300. The summed E-state index contributed by atoms with van der Waals surface area (Å²) in [5.74, 6) is 0.140. The smallest absolute Gasteiger partial charge is 0.251 e. The number of halogens is 1. The van der Waals surface area contributed by atoms with Gasteiger partial charge < -0.3 is 15.2 Å². The number of amides is 1. The van der Waals surface area contributed by atoms with Gasteiger partial charge in [-0.1, -0.05) is 22.0 Å². The summed E-state index contributed by atoms with van der Waals surface area (Å²) in [5.41, 5.74) is 0.675. The summed E-state index contributed by atoms with van der Waals surface area (Å²) in [4.78, 5) is 24.4. The van der Waals surface area contributed by atoms with Crippen molar-refractivity contribution in [2.24, 2.45) is 0 Å². The molecule has 2 N–H and O–H groups in total. The maximum atomic E-state index is 12.7. The van der Waals surface area contributed by atoms with Gasteiger partial charge in [0.1, 0.15) is 17.5 Å². The third kappa shape index (κ3) is 3.52. The molecule has 2 atom stereocenters. The van der Waals surface area contributed by atoms with Crippen LogP contribution in [-0.4, -0.2) is 28.5 Å². The first-order valence-corrected chi connectivity index (χ1v) is 9.07. The molecule has 0 aromatic heterocycles. The van der Waals surface area contributed by atoms with Crippen molar-refractivity contribution in [2.75, 3.05) is 0 Å². The number of ether oxygens (including phenoxy) is 1. The molecule has 26 heavy (non-hydrogen) atoms. The molecule has 1 heterocycles. The zero-order chi connectivity index (χ0) is 19.1. The molecule has 2 aromatic rings. The molecule has 5 nitrogen and oxygen atoms in total. The summed E-state index contributed by atoms with van der Waals surface area (Å²) in [6.07, 6.45) is -0.978. The number of nitrogens with one attached hydrogen (secondary N) is 1. The van der Waals surface area contributed by atoms with Crippen LogP contribution in [-0.2, 0) is 0 Å². The zero-order valence-corrected chi connectivity index (χ0v) is 16.3. The molecule has 2 unspecified atom stereocenters. The lowest BCUT2D eigenvalue weighted by Gasteiger charge is -2.42. The van der Waals surface area contributed by atoms with Gasteiger partial charge in [0.15, 0.2) is 5.78 Å². The largest absolute Gasteiger partial charge is 0.485 e. The Kier molecular flexibility index (Phi) is 4.90. The monoisotopic (exact) mass is 417 g/mol. The molecule has 0 bridgehead atoms. The van der Waals surface area contributed by atoms with Crippen LogP contribution in [0.25, 0.3) is 0 Å². The number of Topliss-reactive ketones (excluding diaryl/α,β-unsaturated/α-hetero) is 1. The number of hydrogen-bond acceptors (Lipinski definition) is 4. The van der Waals surface area contributed by atoms with Gasteiger partial charge in [-0.25, -0.2) is 0 Å². The van der Waals surface area contributed by atoms with E-state index in [0.29, 0.717) is 22.4 Å². The van der Waals surface area contributed by atoms with E-state index in [2.05, 4.69) is 21.2 Å². The van der Waals surface area contributed by atoms with Crippen LogP contribution in [0.4, 0.5) is 0 Å².